The lowest BCUT2D eigenvalue weighted by Crippen LogP contribution is -2.14. The molecule has 1 N–H and O–H groups in total. The van der Waals surface area contributed by atoms with Gasteiger partial charge in [-0.2, -0.15) is 0 Å². The molecular formula is C26H24N4O4. The van der Waals surface area contributed by atoms with E-state index in [1.165, 1.54) is 0 Å². The van der Waals surface area contributed by atoms with Gasteiger partial charge in [-0.25, -0.2) is 4.98 Å². The van der Waals surface area contributed by atoms with Crippen LogP contribution in [0.5, 0.6) is 17.2 Å². The van der Waals surface area contributed by atoms with Crippen molar-refractivity contribution in [3.05, 3.63) is 102 Å². The zero-order chi connectivity index (χ0) is 23.6. The fourth-order valence-corrected chi connectivity index (χ4v) is 3.10. The number of anilines is 1. The number of carbonyl (C=O) groups excluding carboxylic acids is 1. The molecule has 0 aliphatic carbocycles. The summed E-state index contributed by atoms with van der Waals surface area (Å²) in [5.41, 5.74) is 2.29. The van der Waals surface area contributed by atoms with Crippen molar-refractivity contribution < 1.29 is 19.0 Å². The summed E-state index contributed by atoms with van der Waals surface area (Å²) < 4.78 is 17.5. The quantitative estimate of drug-likeness (QED) is 0.370. The number of amides is 1. The minimum atomic E-state index is -0.341. The van der Waals surface area contributed by atoms with Crippen molar-refractivity contribution >= 4 is 11.7 Å². The zero-order valence-corrected chi connectivity index (χ0v) is 18.7. The van der Waals surface area contributed by atoms with Crippen molar-refractivity contribution in [2.45, 2.75) is 20.1 Å². The van der Waals surface area contributed by atoms with E-state index in [0.717, 1.165) is 11.1 Å². The predicted molar refractivity (Wildman–Crippen MR) is 127 cm³/mol. The summed E-state index contributed by atoms with van der Waals surface area (Å²) >= 11 is 0. The van der Waals surface area contributed by atoms with Gasteiger partial charge in [-0.1, -0.05) is 6.07 Å². The van der Waals surface area contributed by atoms with E-state index >= 15 is 0 Å². The Morgan fingerprint density at radius 2 is 1.59 bits per heavy atom. The fourth-order valence-electron chi connectivity index (χ4n) is 3.10. The Morgan fingerprint density at radius 1 is 0.794 bits per heavy atom. The lowest BCUT2D eigenvalue weighted by Gasteiger charge is -2.14. The maximum Gasteiger partial charge on any atom is 0.257 e. The summed E-state index contributed by atoms with van der Waals surface area (Å²) in [6.07, 6.45) is 8.44. The first-order valence-corrected chi connectivity index (χ1v) is 10.8. The molecule has 0 spiro atoms. The van der Waals surface area contributed by atoms with E-state index in [0.29, 0.717) is 48.5 Å². The molecule has 8 heteroatoms. The van der Waals surface area contributed by atoms with Crippen molar-refractivity contribution in [3.63, 3.8) is 0 Å². The van der Waals surface area contributed by atoms with Crippen molar-refractivity contribution in [1.82, 2.24) is 15.0 Å². The predicted octanol–water partition coefficient (Wildman–Crippen LogP) is 4.68. The highest BCUT2D eigenvalue weighted by Gasteiger charge is 2.15. The number of pyridine rings is 3. The van der Waals surface area contributed by atoms with E-state index < -0.39 is 0 Å². The van der Waals surface area contributed by atoms with Crippen molar-refractivity contribution in [2.24, 2.45) is 0 Å². The molecule has 0 fully saturated rings. The average Bonchev–Trinajstić information content (AvgIpc) is 2.89. The lowest BCUT2D eigenvalue weighted by atomic mass is 10.2. The molecule has 4 rings (SSSR count). The first-order chi connectivity index (χ1) is 16.7. The smallest absolute Gasteiger partial charge is 0.257 e. The van der Waals surface area contributed by atoms with Crippen LogP contribution in [0.25, 0.3) is 0 Å². The molecule has 8 nitrogen and oxygen atoms in total. The second-order valence-corrected chi connectivity index (χ2v) is 7.19. The molecule has 3 heterocycles. The van der Waals surface area contributed by atoms with Gasteiger partial charge >= 0.3 is 0 Å². The maximum atomic E-state index is 13.0. The Kier molecular flexibility index (Phi) is 7.63. The van der Waals surface area contributed by atoms with Gasteiger partial charge in [0.15, 0.2) is 23.1 Å². The standard InChI is InChI=1S/C26H24N4O4/c1-2-32-24-15-21(7-8-22(24)33-18-20-5-3-11-28-16-20)26(31)30-25-23(6-4-12-29-25)34-17-19-9-13-27-14-10-19/h3-16H,2,17-18H2,1H3,(H,29,30,31). The number of benzene rings is 1. The summed E-state index contributed by atoms with van der Waals surface area (Å²) in [6.45, 7) is 2.97. The molecule has 0 saturated heterocycles. The van der Waals surface area contributed by atoms with Crippen LogP contribution in [0.15, 0.2) is 85.6 Å². The van der Waals surface area contributed by atoms with Gasteiger partial charge in [0.2, 0.25) is 0 Å². The molecule has 0 unspecified atom stereocenters. The second kappa shape index (κ2) is 11.4. The number of hydrogen-bond acceptors (Lipinski definition) is 7. The van der Waals surface area contributed by atoms with E-state index in [9.17, 15) is 4.79 Å². The van der Waals surface area contributed by atoms with Crippen LogP contribution in [0, 0.1) is 0 Å². The zero-order valence-electron chi connectivity index (χ0n) is 18.7. The molecular weight excluding hydrogens is 432 g/mol. The van der Waals surface area contributed by atoms with Crippen LogP contribution in [-0.2, 0) is 13.2 Å². The highest BCUT2D eigenvalue weighted by Crippen LogP contribution is 2.30. The van der Waals surface area contributed by atoms with E-state index in [1.807, 2.05) is 31.2 Å². The Labute approximate surface area is 197 Å². The molecule has 34 heavy (non-hydrogen) atoms. The molecule has 1 aromatic carbocycles. The van der Waals surface area contributed by atoms with Gasteiger partial charge in [-0.3, -0.25) is 14.8 Å². The van der Waals surface area contributed by atoms with E-state index in [4.69, 9.17) is 14.2 Å². The minimum Gasteiger partial charge on any atom is -0.490 e. The van der Waals surface area contributed by atoms with Crippen LogP contribution in [0.4, 0.5) is 5.82 Å². The highest BCUT2D eigenvalue weighted by molar-refractivity contribution is 6.04. The van der Waals surface area contributed by atoms with Crippen molar-refractivity contribution in [2.75, 3.05) is 11.9 Å². The van der Waals surface area contributed by atoms with Gasteiger partial charge in [0, 0.05) is 42.1 Å². The van der Waals surface area contributed by atoms with Gasteiger partial charge in [-0.05, 0) is 61.0 Å². The summed E-state index contributed by atoms with van der Waals surface area (Å²) in [7, 11) is 0. The van der Waals surface area contributed by atoms with Crippen LogP contribution in [0.1, 0.15) is 28.4 Å². The third-order valence-electron chi connectivity index (χ3n) is 4.77. The monoisotopic (exact) mass is 456 g/mol. The topological polar surface area (TPSA) is 95.5 Å². The van der Waals surface area contributed by atoms with Gasteiger partial charge < -0.3 is 19.5 Å². The van der Waals surface area contributed by atoms with Crippen LogP contribution in [0.3, 0.4) is 0 Å². The number of nitrogens with one attached hydrogen (secondary N) is 1. The first kappa shape index (κ1) is 22.7. The van der Waals surface area contributed by atoms with Crippen LogP contribution in [-0.4, -0.2) is 27.5 Å². The van der Waals surface area contributed by atoms with E-state index in [-0.39, 0.29) is 5.91 Å². The number of carbonyl (C=O) groups is 1. The first-order valence-electron chi connectivity index (χ1n) is 10.8. The van der Waals surface area contributed by atoms with Crippen molar-refractivity contribution in [3.8, 4) is 17.2 Å². The molecule has 4 aromatic rings. The van der Waals surface area contributed by atoms with E-state index in [1.54, 1.807) is 61.3 Å². The fraction of sp³-hybridized carbons (Fsp3) is 0.154. The summed E-state index contributed by atoms with van der Waals surface area (Å²) in [5.74, 6) is 1.48. The molecule has 0 radical (unpaired) electrons. The molecule has 172 valence electrons. The third-order valence-corrected chi connectivity index (χ3v) is 4.77. The van der Waals surface area contributed by atoms with Crippen LogP contribution >= 0.6 is 0 Å². The molecule has 0 aliphatic rings. The Hall–Kier alpha value is -4.46. The summed E-state index contributed by atoms with van der Waals surface area (Å²) in [6, 6.07) is 16.1. The Bertz CT molecular complexity index is 1220. The van der Waals surface area contributed by atoms with Crippen LogP contribution in [0.2, 0.25) is 0 Å². The van der Waals surface area contributed by atoms with Crippen molar-refractivity contribution in [1.29, 1.82) is 0 Å². The second-order valence-electron chi connectivity index (χ2n) is 7.19. The molecule has 0 aliphatic heterocycles. The Balaban J connectivity index is 1.46. The van der Waals surface area contributed by atoms with Gasteiger partial charge in [0.1, 0.15) is 13.2 Å². The number of ether oxygens (including phenoxy) is 3. The highest BCUT2D eigenvalue weighted by atomic mass is 16.5. The number of hydrogen-bond donors (Lipinski definition) is 1. The number of aromatic nitrogens is 3. The van der Waals surface area contributed by atoms with Gasteiger partial charge in [-0.15, -0.1) is 0 Å². The third kappa shape index (κ3) is 6.07. The average molecular weight is 457 g/mol. The van der Waals surface area contributed by atoms with Crippen LogP contribution < -0.4 is 19.5 Å². The number of nitrogens with zero attached hydrogens (tertiary/aromatic N) is 3. The van der Waals surface area contributed by atoms with E-state index in [2.05, 4.69) is 20.3 Å². The number of rotatable bonds is 10. The molecule has 3 aromatic heterocycles. The summed E-state index contributed by atoms with van der Waals surface area (Å²) in [5, 5.41) is 2.82. The Morgan fingerprint density at radius 3 is 2.38 bits per heavy atom. The summed E-state index contributed by atoms with van der Waals surface area (Å²) in [4.78, 5) is 25.3. The molecule has 0 saturated carbocycles. The van der Waals surface area contributed by atoms with Gasteiger partial charge in [0.05, 0.1) is 6.61 Å². The molecule has 1 amide bonds. The largest absolute Gasteiger partial charge is 0.490 e. The maximum absolute atomic E-state index is 13.0. The normalized spacial score (nSPS) is 10.4. The molecule has 0 atom stereocenters. The lowest BCUT2D eigenvalue weighted by molar-refractivity contribution is 0.102. The van der Waals surface area contributed by atoms with Gasteiger partial charge in [0.25, 0.3) is 5.91 Å². The SMILES string of the molecule is CCOc1cc(C(=O)Nc2ncccc2OCc2ccncc2)ccc1OCc1cccnc1. The molecule has 0 bridgehead atoms. The minimum absolute atomic E-state index is 0.328.